The molecule has 4 aliphatic heterocycles. The smallest absolute Gasteiger partial charge is 0.490 e. The molecule has 1 saturated heterocycles. The van der Waals surface area contributed by atoms with Gasteiger partial charge in [-0.2, -0.15) is 26.6 Å². The first-order valence-corrected chi connectivity index (χ1v) is 35.3. The lowest BCUT2D eigenvalue weighted by Crippen LogP contribution is -2.45. The zero-order chi connectivity index (χ0) is 65.6. The predicted octanol–water partition coefficient (Wildman–Crippen LogP) is 6.72. The van der Waals surface area contributed by atoms with Crippen molar-refractivity contribution in [3.05, 3.63) is 117 Å². The van der Waals surface area contributed by atoms with E-state index in [4.69, 9.17) is 25.0 Å². The molecule has 0 spiro atoms. The largest absolute Gasteiger partial charge is 0.748 e. The Balaban J connectivity index is 1.01. The highest BCUT2D eigenvalue weighted by atomic mass is 32.2. The number of allylic oxidation sites excluding steroid dienone is 9. The van der Waals surface area contributed by atoms with E-state index in [1.807, 2.05) is 31.2 Å². The molecule has 28 nitrogen and oxygen atoms in total. The number of phosphoric ester groups is 1. The van der Waals surface area contributed by atoms with Crippen LogP contribution in [0.5, 0.6) is 5.75 Å². The first-order chi connectivity index (χ1) is 41.2. The highest BCUT2D eigenvalue weighted by Gasteiger charge is 2.48. The van der Waals surface area contributed by atoms with E-state index in [9.17, 15) is 64.1 Å². The standard InChI is InChI=1S/C56H70N7O21P3S2/c1-9-63-42-29-44-39(28-38(42)34(2)31-55(63,6)7)35(26-47(81-44)54(3,4)5)16-11-10-12-18-46-56(8,40-27-37(89(77,78)79)20-21-41(40)61(46)24-15-25-88(74,75)76)22-13-19-48(65)58-23-14-17-36-32-62(51-50(36)52(66)60-53(57)59-51)49-30-43(64)45(82-49)33-80-86(70,71)84-87(72,73)83-85(67,68)69/h10-12,16,18,20-21,26-29,31-32,43,45,49,64H,9,13,15,19,22-25,30,33H2,1-8H3,(H9-,57,58,59,60,65,66,67,68,69,70,71,72,73,74,75,76,77,78,79)/t43-,45+,49+,56?/m0/s1. The van der Waals surface area contributed by atoms with E-state index in [-0.39, 0.29) is 78.7 Å². The van der Waals surface area contributed by atoms with Crippen LogP contribution in [0.2, 0.25) is 0 Å². The number of anilines is 2. The Morgan fingerprint density at radius 2 is 1.75 bits per heavy atom. The number of hydrogen-bond donors (Lipinski definition) is 9. The number of nitrogens with zero attached hydrogens (tertiary/aromatic N) is 4. The maximum atomic E-state index is 13.5. The van der Waals surface area contributed by atoms with Crippen molar-refractivity contribution in [2.24, 2.45) is 5.41 Å². The average molecular weight is 1330 g/mol. The van der Waals surface area contributed by atoms with E-state index in [1.54, 1.807) is 16.7 Å². The third-order valence-electron chi connectivity index (χ3n) is 15.2. The Kier molecular flexibility index (Phi) is 19.9. The van der Waals surface area contributed by atoms with Gasteiger partial charge in [0.1, 0.15) is 30.4 Å². The fourth-order valence-corrected chi connectivity index (χ4v) is 15.3. The number of nitrogens with two attached hydrogens (primary N) is 1. The number of carbonyl (C=O) groups excluding carboxylic acids is 1. The maximum absolute atomic E-state index is 13.5. The van der Waals surface area contributed by atoms with Crippen molar-refractivity contribution in [2.45, 2.75) is 122 Å². The summed E-state index contributed by atoms with van der Waals surface area (Å²) < 4.78 is 134. The van der Waals surface area contributed by atoms with E-state index in [1.165, 1.54) is 29.0 Å². The van der Waals surface area contributed by atoms with Gasteiger partial charge in [-0.1, -0.05) is 63.0 Å². The van der Waals surface area contributed by atoms with Crippen molar-refractivity contribution in [3.63, 3.8) is 0 Å². The van der Waals surface area contributed by atoms with Crippen molar-refractivity contribution in [1.82, 2.24) is 19.9 Å². The number of benzene rings is 2. The van der Waals surface area contributed by atoms with Gasteiger partial charge in [0.05, 0.1) is 56.2 Å². The van der Waals surface area contributed by atoms with E-state index in [0.717, 1.165) is 46.0 Å². The number of hydrogen-bond acceptors (Lipinski definition) is 19. The van der Waals surface area contributed by atoms with Gasteiger partial charge < -0.3 is 59.2 Å². The molecule has 8 rings (SSSR count). The quantitative estimate of drug-likeness (QED) is 0.0130. The Bertz CT molecular complexity index is 4220. The lowest BCUT2D eigenvalue weighted by molar-refractivity contribution is -0.437. The fourth-order valence-electron chi connectivity index (χ4n) is 11.3. The normalized spacial score (nSPS) is 22.1. The first-order valence-electron chi connectivity index (χ1n) is 27.8. The molecule has 4 aromatic rings. The van der Waals surface area contributed by atoms with Crippen LogP contribution in [0.1, 0.15) is 116 Å². The van der Waals surface area contributed by atoms with E-state index >= 15 is 0 Å². The van der Waals surface area contributed by atoms with Gasteiger partial charge in [0.15, 0.2) is 11.4 Å². The van der Waals surface area contributed by atoms with Crippen LogP contribution in [-0.2, 0) is 62.0 Å². The van der Waals surface area contributed by atoms with Gasteiger partial charge in [0.25, 0.3) is 15.7 Å². The first kappa shape index (κ1) is 68.7. The Morgan fingerprint density at radius 3 is 2.42 bits per heavy atom. The molecule has 1 fully saturated rings. The number of aromatic nitrogens is 3. The summed E-state index contributed by atoms with van der Waals surface area (Å²) in [5.41, 5.74) is 10.1. The lowest BCUT2D eigenvalue weighted by Gasteiger charge is -2.43. The van der Waals surface area contributed by atoms with Gasteiger partial charge in [-0.15, -0.1) is 0 Å². The van der Waals surface area contributed by atoms with Crippen molar-refractivity contribution >= 4 is 94.8 Å². The number of H-pyrrole nitrogens is 1. The highest BCUT2D eigenvalue weighted by molar-refractivity contribution is 7.86. The van der Waals surface area contributed by atoms with Crippen LogP contribution in [0, 0.1) is 17.3 Å². The van der Waals surface area contributed by atoms with Crippen LogP contribution in [0.4, 0.5) is 17.3 Å². The number of aliphatic hydroxyl groups excluding tert-OH is 1. The number of likely N-dealkylation sites (N-methyl/N-ethyl adjacent to an activating group) is 1. The monoisotopic (exact) mass is 1330 g/mol. The number of rotatable bonds is 22. The van der Waals surface area contributed by atoms with Crippen LogP contribution in [0.25, 0.3) is 22.2 Å². The summed E-state index contributed by atoms with van der Waals surface area (Å²) >= 11 is 0. The number of fused-ring (bicyclic) bond motifs is 4. The number of nitrogen functional groups attached to an aromatic ring is 1. The molecule has 89 heavy (non-hydrogen) atoms. The lowest BCUT2D eigenvalue weighted by atomic mass is 9.75. The Hall–Kier alpha value is -6.19. The van der Waals surface area contributed by atoms with Crippen molar-refractivity contribution in [1.29, 1.82) is 0 Å². The molecular formula is C56H70N7O21P3S2. The van der Waals surface area contributed by atoms with Crippen LogP contribution in [0.3, 0.4) is 0 Å². The van der Waals surface area contributed by atoms with Gasteiger partial charge >= 0.3 is 23.5 Å². The second kappa shape index (κ2) is 25.8. The third-order valence-corrected chi connectivity index (χ3v) is 20.6. The molecule has 10 N–H and O–H groups in total. The van der Waals surface area contributed by atoms with Gasteiger partial charge in [0.2, 0.25) is 17.5 Å². The SMILES string of the molecule is CCN1c2cc3c(cc2C(C)=CC1(C)C)C(=CC=CC=CC1=[N+](CCCS(=O)(=O)[O-])c2ccc(S(=O)(=O)O)cc2C1(C)CCCC(=O)NCC#Cc1cn([C@H]2C[C@H](O)[C@@H](COP(=O)(O)OP(=O)(O)OP(=O)(O)O)O2)c2nc(N)[nH]c(=O)c12)C=C(C(C)(C)C)O3. The van der Waals surface area contributed by atoms with Crippen LogP contribution < -0.4 is 26.2 Å². The van der Waals surface area contributed by atoms with Crippen molar-refractivity contribution in [3.8, 4) is 17.6 Å². The molecule has 0 saturated carbocycles. The zero-order valence-electron chi connectivity index (χ0n) is 49.6. The molecule has 3 unspecified atom stereocenters. The number of aliphatic hydroxyl groups is 1. The van der Waals surface area contributed by atoms with Gasteiger partial charge in [-0.05, 0) is 82.9 Å². The fraction of sp³-hybridized carbons (Fsp3) is 0.429. The second-order valence-electron chi connectivity index (χ2n) is 23.3. The second-order valence-corrected chi connectivity index (χ2v) is 30.7. The summed E-state index contributed by atoms with van der Waals surface area (Å²) in [6, 6.07) is 8.30. The van der Waals surface area contributed by atoms with E-state index < -0.39 is 96.3 Å². The topological polar surface area (TPSA) is 422 Å². The van der Waals surface area contributed by atoms with Gasteiger partial charge in [0, 0.05) is 83.8 Å². The van der Waals surface area contributed by atoms with E-state index in [2.05, 4.69) is 112 Å². The predicted molar refractivity (Wildman–Crippen MR) is 327 cm³/mol. The number of aromatic amines is 1. The van der Waals surface area contributed by atoms with Gasteiger partial charge in [-0.3, -0.25) is 23.6 Å². The minimum absolute atomic E-state index is 0.0232. The summed E-state index contributed by atoms with van der Waals surface area (Å²) in [4.78, 5) is 72.3. The summed E-state index contributed by atoms with van der Waals surface area (Å²) in [5.74, 6) is 5.62. The molecule has 2 aromatic carbocycles. The molecule has 0 aliphatic carbocycles. The maximum Gasteiger partial charge on any atom is 0.490 e. The number of ether oxygens (including phenoxy) is 2. The third kappa shape index (κ3) is 16.3. The number of nitrogens with one attached hydrogen (secondary N) is 2. The van der Waals surface area contributed by atoms with Crippen LogP contribution in [-0.4, -0.2) is 131 Å². The molecule has 6 heterocycles. The summed E-state index contributed by atoms with van der Waals surface area (Å²) in [6.07, 6.45) is 10.7. The molecule has 0 bridgehead atoms. The van der Waals surface area contributed by atoms with E-state index in [0.29, 0.717) is 17.0 Å². The Morgan fingerprint density at radius 1 is 1.03 bits per heavy atom. The minimum atomic E-state index is -5.84. The highest BCUT2D eigenvalue weighted by Crippen LogP contribution is 2.66. The van der Waals surface area contributed by atoms with Gasteiger partial charge in [-0.25, -0.2) is 22.1 Å². The molecule has 482 valence electrons. The summed E-state index contributed by atoms with van der Waals surface area (Å²) in [6.45, 7) is 16.2. The minimum Gasteiger partial charge on any atom is -0.748 e. The van der Waals surface area contributed by atoms with Crippen molar-refractivity contribution in [2.75, 3.05) is 42.6 Å². The zero-order valence-corrected chi connectivity index (χ0v) is 54.0. The number of phosphoric acid groups is 3. The number of amides is 1. The molecular weight excluding hydrogens is 1260 g/mol. The van der Waals surface area contributed by atoms with Crippen LogP contribution in [0.15, 0.2) is 94.5 Å². The molecule has 0 radical (unpaired) electrons. The Labute approximate surface area is 513 Å². The van der Waals surface area contributed by atoms with Crippen LogP contribution >= 0.6 is 23.5 Å². The van der Waals surface area contributed by atoms with Crippen molar-refractivity contribution < 1.29 is 96.3 Å². The molecule has 6 atom stereocenters. The molecule has 2 aromatic heterocycles. The molecule has 4 aliphatic rings. The molecule has 1 amide bonds. The summed E-state index contributed by atoms with van der Waals surface area (Å²) in [5, 5.41) is 13.4. The number of carbonyl (C=O) groups is 1. The average Bonchev–Trinajstić information content (AvgIpc) is 1.81. The molecule has 33 heteroatoms. The summed E-state index contributed by atoms with van der Waals surface area (Å²) in [7, 11) is -26.4.